The minimum Gasteiger partial charge on any atom is -0.478 e. The highest BCUT2D eigenvalue weighted by Gasteiger charge is 2.20. The minimum absolute atomic E-state index is 0.102. The Morgan fingerprint density at radius 1 is 1.14 bits per heavy atom. The number of anilines is 1. The zero-order valence-corrected chi connectivity index (χ0v) is 20.5. The fraction of sp³-hybridized carbons (Fsp3) is 0.321. The van der Waals surface area contributed by atoms with Gasteiger partial charge in [0.2, 0.25) is 11.8 Å². The first kappa shape index (κ1) is 25.2. The number of benzene rings is 2. The van der Waals surface area contributed by atoms with Crippen LogP contribution in [0.15, 0.2) is 60.7 Å². The molecule has 1 unspecified atom stereocenters. The summed E-state index contributed by atoms with van der Waals surface area (Å²) in [4.78, 5) is 25.2. The molecule has 2 aromatic carbocycles. The molecule has 0 spiro atoms. The Bertz CT molecular complexity index is 1280. The normalized spacial score (nSPS) is 15.0. The summed E-state index contributed by atoms with van der Waals surface area (Å²) >= 11 is 0. The summed E-state index contributed by atoms with van der Waals surface area (Å²) < 4.78 is 7.38. The summed E-state index contributed by atoms with van der Waals surface area (Å²) in [5, 5.41) is 15.1. The number of hydrogen-bond donors (Lipinski definition) is 4. The predicted molar refractivity (Wildman–Crippen MR) is 142 cm³/mol. The third-order valence-corrected chi connectivity index (χ3v) is 6.24. The highest BCUT2D eigenvalue weighted by atomic mass is 16.5. The lowest BCUT2D eigenvalue weighted by atomic mass is 10.0. The number of hydrogen-bond acceptors (Lipinski definition) is 5. The van der Waals surface area contributed by atoms with E-state index < -0.39 is 0 Å². The molecule has 5 N–H and O–H groups in total. The van der Waals surface area contributed by atoms with Crippen LogP contribution in [0.25, 0.3) is 10.9 Å². The van der Waals surface area contributed by atoms with Crippen molar-refractivity contribution in [2.24, 2.45) is 5.73 Å². The molecule has 8 heteroatoms. The zero-order valence-electron chi connectivity index (χ0n) is 20.5. The fourth-order valence-electron chi connectivity index (χ4n) is 4.40. The first-order valence-corrected chi connectivity index (χ1v) is 12.4. The average molecular weight is 488 g/mol. The van der Waals surface area contributed by atoms with Gasteiger partial charge in [-0.05, 0) is 62.1 Å². The number of nitrogens with two attached hydrogens (primary N) is 1. The van der Waals surface area contributed by atoms with Gasteiger partial charge in [0.15, 0.2) is 0 Å². The fourth-order valence-corrected chi connectivity index (χ4v) is 4.40. The summed E-state index contributed by atoms with van der Waals surface area (Å²) in [6.45, 7) is 3.02. The maximum atomic E-state index is 13.4. The van der Waals surface area contributed by atoms with Crippen LogP contribution in [-0.4, -0.2) is 41.5 Å². The number of fused-ring (bicyclic) bond motifs is 1. The lowest BCUT2D eigenvalue weighted by Crippen LogP contribution is -2.36. The van der Waals surface area contributed by atoms with E-state index in [1.807, 2.05) is 60.0 Å². The standard InChI is InChI=1S/C28H33N5O3/c1-2-36-27(30)21-11-10-20-16-25(28(35)32-22-6-4-3-5-7-22)33(24(20)17-21)18-19-8-12-23(13-9-19)31-26(34)14-15-29/h3-4,8-13,16-17,22,30H,2,5-7,14-15,18,29H2,1H3,(H,31,34)(H,32,35). The molecule has 1 aliphatic carbocycles. The van der Waals surface area contributed by atoms with Gasteiger partial charge in [0.1, 0.15) is 5.69 Å². The van der Waals surface area contributed by atoms with Crippen molar-refractivity contribution in [1.29, 1.82) is 5.41 Å². The Kier molecular flexibility index (Phi) is 8.17. The molecule has 4 rings (SSSR count). The van der Waals surface area contributed by atoms with Crippen molar-refractivity contribution >= 4 is 34.3 Å². The molecule has 2 amide bonds. The second-order valence-electron chi connectivity index (χ2n) is 8.89. The third-order valence-electron chi connectivity index (χ3n) is 6.24. The van der Waals surface area contributed by atoms with Crippen molar-refractivity contribution in [2.45, 2.75) is 45.2 Å². The molecule has 1 aliphatic rings. The smallest absolute Gasteiger partial charge is 0.268 e. The van der Waals surface area contributed by atoms with Crippen LogP contribution in [0.2, 0.25) is 0 Å². The molecule has 36 heavy (non-hydrogen) atoms. The molecule has 1 heterocycles. The van der Waals surface area contributed by atoms with Crippen LogP contribution in [0.3, 0.4) is 0 Å². The zero-order chi connectivity index (χ0) is 25.5. The van der Waals surface area contributed by atoms with E-state index in [4.69, 9.17) is 15.9 Å². The quantitative estimate of drug-likeness (QED) is 0.205. The topological polar surface area (TPSA) is 122 Å². The van der Waals surface area contributed by atoms with Crippen LogP contribution >= 0.6 is 0 Å². The van der Waals surface area contributed by atoms with Crippen LogP contribution in [0, 0.1) is 5.41 Å². The molecule has 0 aliphatic heterocycles. The molecule has 8 nitrogen and oxygen atoms in total. The van der Waals surface area contributed by atoms with Gasteiger partial charge in [0.05, 0.1) is 6.61 Å². The van der Waals surface area contributed by atoms with Gasteiger partial charge >= 0.3 is 0 Å². The maximum Gasteiger partial charge on any atom is 0.268 e. The molecule has 1 aromatic heterocycles. The number of rotatable bonds is 9. The Balaban J connectivity index is 1.65. The highest BCUT2D eigenvalue weighted by Crippen LogP contribution is 2.25. The van der Waals surface area contributed by atoms with E-state index in [0.29, 0.717) is 36.6 Å². The van der Waals surface area contributed by atoms with Crippen molar-refractivity contribution in [3.05, 3.63) is 77.5 Å². The van der Waals surface area contributed by atoms with Gasteiger partial charge in [-0.3, -0.25) is 15.0 Å². The van der Waals surface area contributed by atoms with Crippen LogP contribution in [0.4, 0.5) is 5.69 Å². The molecule has 0 radical (unpaired) electrons. The second kappa shape index (κ2) is 11.7. The first-order valence-electron chi connectivity index (χ1n) is 12.4. The Morgan fingerprint density at radius 2 is 1.94 bits per heavy atom. The van der Waals surface area contributed by atoms with Gasteiger partial charge in [0.25, 0.3) is 5.91 Å². The largest absolute Gasteiger partial charge is 0.478 e. The number of allylic oxidation sites excluding steroid dienone is 1. The first-order chi connectivity index (χ1) is 17.5. The SMILES string of the molecule is CCOC(=N)c1ccc2cc(C(=O)NC3CC=CCC3)n(Cc3ccc(NC(=O)CCN)cc3)c2c1. The number of carbonyl (C=O) groups is 2. The van der Waals surface area contributed by atoms with E-state index in [0.717, 1.165) is 35.7 Å². The number of carbonyl (C=O) groups excluding carboxylic acids is 2. The maximum absolute atomic E-state index is 13.4. The predicted octanol–water partition coefficient (Wildman–Crippen LogP) is 4.18. The lowest BCUT2D eigenvalue weighted by molar-refractivity contribution is -0.116. The van der Waals surface area contributed by atoms with E-state index >= 15 is 0 Å². The molecule has 0 bridgehead atoms. The number of ether oxygens (including phenoxy) is 1. The number of nitrogens with zero attached hydrogens (tertiary/aromatic N) is 1. The van der Waals surface area contributed by atoms with E-state index in [1.54, 1.807) is 0 Å². The molecule has 3 aromatic rings. The molecular formula is C28H33N5O3. The van der Waals surface area contributed by atoms with E-state index in [-0.39, 0.29) is 30.2 Å². The number of amides is 2. The van der Waals surface area contributed by atoms with Gasteiger partial charge in [-0.2, -0.15) is 0 Å². The van der Waals surface area contributed by atoms with E-state index in [1.165, 1.54) is 0 Å². The Labute approximate surface area is 211 Å². The van der Waals surface area contributed by atoms with Crippen molar-refractivity contribution < 1.29 is 14.3 Å². The third kappa shape index (κ3) is 6.01. The van der Waals surface area contributed by atoms with Gasteiger partial charge in [-0.25, -0.2) is 0 Å². The van der Waals surface area contributed by atoms with E-state index in [9.17, 15) is 9.59 Å². The van der Waals surface area contributed by atoms with Gasteiger partial charge < -0.3 is 25.7 Å². The van der Waals surface area contributed by atoms with Crippen molar-refractivity contribution in [2.75, 3.05) is 18.5 Å². The van der Waals surface area contributed by atoms with Crippen molar-refractivity contribution in [3.63, 3.8) is 0 Å². The number of aromatic nitrogens is 1. The summed E-state index contributed by atoms with van der Waals surface area (Å²) in [5.74, 6) is -0.134. The molecule has 0 saturated heterocycles. The van der Waals surface area contributed by atoms with Crippen LogP contribution in [0.5, 0.6) is 0 Å². The van der Waals surface area contributed by atoms with Crippen molar-refractivity contribution in [3.8, 4) is 0 Å². The van der Waals surface area contributed by atoms with Gasteiger partial charge in [-0.1, -0.05) is 30.4 Å². The van der Waals surface area contributed by atoms with Gasteiger partial charge in [0, 0.05) is 47.7 Å². The monoisotopic (exact) mass is 487 g/mol. The summed E-state index contributed by atoms with van der Waals surface area (Å²) in [5.41, 5.74) is 9.21. The average Bonchev–Trinajstić information content (AvgIpc) is 3.24. The Morgan fingerprint density at radius 3 is 2.64 bits per heavy atom. The molecule has 188 valence electrons. The number of nitrogens with one attached hydrogen (secondary N) is 3. The summed E-state index contributed by atoms with van der Waals surface area (Å²) in [6.07, 6.45) is 7.25. The molecule has 0 saturated carbocycles. The molecular weight excluding hydrogens is 454 g/mol. The van der Waals surface area contributed by atoms with E-state index in [2.05, 4.69) is 22.8 Å². The highest BCUT2D eigenvalue weighted by molar-refractivity contribution is 6.01. The summed E-state index contributed by atoms with van der Waals surface area (Å²) in [7, 11) is 0. The summed E-state index contributed by atoms with van der Waals surface area (Å²) in [6, 6.07) is 15.2. The second-order valence-corrected chi connectivity index (χ2v) is 8.89. The minimum atomic E-state index is -0.123. The van der Waals surface area contributed by atoms with Crippen LogP contribution in [0.1, 0.15) is 54.2 Å². The van der Waals surface area contributed by atoms with Crippen LogP contribution in [-0.2, 0) is 16.1 Å². The van der Waals surface area contributed by atoms with Crippen molar-refractivity contribution in [1.82, 2.24) is 9.88 Å². The van der Waals surface area contributed by atoms with Gasteiger partial charge in [-0.15, -0.1) is 0 Å². The van der Waals surface area contributed by atoms with Crippen LogP contribution < -0.4 is 16.4 Å². The molecule has 1 atom stereocenters. The lowest BCUT2D eigenvalue weighted by Gasteiger charge is -2.20. The Hall–Kier alpha value is -3.91. The molecule has 0 fully saturated rings.